The molecular formula is C18H20N2O4. The molecule has 0 saturated carbocycles. The Balaban J connectivity index is 2.04. The summed E-state index contributed by atoms with van der Waals surface area (Å²) in [6.07, 6.45) is 2.40. The van der Waals surface area contributed by atoms with Gasteiger partial charge in [-0.1, -0.05) is 13.0 Å². The average Bonchev–Trinajstić information content (AvgIpc) is 2.60. The van der Waals surface area contributed by atoms with Gasteiger partial charge in [-0.05, 0) is 48.4 Å². The molecule has 0 radical (unpaired) electrons. The molecule has 2 rings (SSSR count). The highest BCUT2D eigenvalue weighted by Gasteiger charge is 2.06. The molecule has 0 aliphatic carbocycles. The van der Waals surface area contributed by atoms with Crippen molar-refractivity contribution in [2.75, 3.05) is 13.7 Å². The summed E-state index contributed by atoms with van der Waals surface area (Å²) < 4.78 is 10.9. The van der Waals surface area contributed by atoms with Crippen LogP contribution in [-0.4, -0.2) is 30.9 Å². The Morgan fingerprint density at radius 1 is 1.25 bits per heavy atom. The highest BCUT2D eigenvalue weighted by Crippen LogP contribution is 2.27. The van der Waals surface area contributed by atoms with Crippen LogP contribution in [0.1, 0.15) is 29.3 Å². The number of hydrogen-bond acceptors (Lipinski definition) is 5. The number of ether oxygens (including phenoxy) is 2. The second kappa shape index (κ2) is 8.57. The number of phenolic OH excluding ortho intramolecular Hbond substituents is 1. The van der Waals surface area contributed by atoms with Gasteiger partial charge >= 0.3 is 0 Å². The van der Waals surface area contributed by atoms with Crippen LogP contribution in [0.25, 0.3) is 0 Å². The van der Waals surface area contributed by atoms with E-state index in [1.54, 1.807) is 31.4 Å². The fraction of sp³-hybridized carbons (Fsp3) is 0.222. The van der Waals surface area contributed by atoms with E-state index in [-0.39, 0.29) is 5.75 Å². The van der Waals surface area contributed by atoms with Crippen molar-refractivity contribution in [3.05, 3.63) is 53.6 Å². The van der Waals surface area contributed by atoms with Crippen LogP contribution in [0.15, 0.2) is 47.6 Å². The molecule has 0 saturated heterocycles. The zero-order valence-electron chi connectivity index (χ0n) is 13.7. The fourth-order valence-corrected chi connectivity index (χ4v) is 1.98. The number of carbonyl (C=O) groups is 1. The lowest BCUT2D eigenvalue weighted by atomic mass is 10.2. The number of nitrogens with zero attached hydrogens (tertiary/aromatic N) is 1. The monoisotopic (exact) mass is 328 g/mol. The minimum atomic E-state index is -0.405. The average molecular weight is 328 g/mol. The first-order chi connectivity index (χ1) is 11.6. The number of carbonyl (C=O) groups excluding carboxylic acids is 1. The minimum Gasteiger partial charge on any atom is -0.508 e. The maximum atomic E-state index is 11.9. The molecule has 0 bridgehead atoms. The lowest BCUT2D eigenvalue weighted by Gasteiger charge is -2.10. The van der Waals surface area contributed by atoms with Gasteiger partial charge in [0.05, 0.1) is 19.9 Å². The molecular weight excluding hydrogens is 308 g/mol. The lowest BCUT2D eigenvalue weighted by molar-refractivity contribution is 0.0954. The molecule has 0 aliphatic heterocycles. The third-order valence-corrected chi connectivity index (χ3v) is 3.14. The molecule has 0 fully saturated rings. The van der Waals surface area contributed by atoms with Crippen LogP contribution in [0, 0.1) is 0 Å². The molecule has 0 heterocycles. The van der Waals surface area contributed by atoms with Crippen LogP contribution < -0.4 is 14.9 Å². The standard InChI is InChI=1S/C18H20N2O4/c1-3-9-24-17-10-13(7-8-16(17)23-2)12-19-20-18(22)14-5-4-6-15(21)11-14/h4-8,10-12,21H,3,9H2,1-2H3,(H,20,22)/b19-12-. The Labute approximate surface area is 140 Å². The minimum absolute atomic E-state index is 0.0273. The number of amides is 1. The molecule has 0 aliphatic rings. The summed E-state index contributed by atoms with van der Waals surface area (Å²) in [4.78, 5) is 11.9. The van der Waals surface area contributed by atoms with Gasteiger partial charge in [-0.2, -0.15) is 5.10 Å². The second-order valence-electron chi connectivity index (χ2n) is 5.01. The van der Waals surface area contributed by atoms with Gasteiger partial charge in [-0.25, -0.2) is 5.43 Å². The summed E-state index contributed by atoms with van der Waals surface area (Å²) in [5, 5.41) is 13.3. The van der Waals surface area contributed by atoms with E-state index in [2.05, 4.69) is 10.5 Å². The lowest BCUT2D eigenvalue weighted by Crippen LogP contribution is -2.17. The van der Waals surface area contributed by atoms with Crippen molar-refractivity contribution in [2.45, 2.75) is 13.3 Å². The molecule has 2 aromatic rings. The van der Waals surface area contributed by atoms with E-state index < -0.39 is 5.91 Å². The topological polar surface area (TPSA) is 80.2 Å². The Hall–Kier alpha value is -3.02. The van der Waals surface area contributed by atoms with E-state index in [1.165, 1.54) is 18.3 Å². The van der Waals surface area contributed by atoms with Gasteiger partial charge < -0.3 is 14.6 Å². The smallest absolute Gasteiger partial charge is 0.271 e. The quantitative estimate of drug-likeness (QED) is 0.605. The zero-order chi connectivity index (χ0) is 17.4. The number of hydrazone groups is 1. The summed E-state index contributed by atoms with van der Waals surface area (Å²) in [6, 6.07) is 11.4. The predicted octanol–water partition coefficient (Wildman–Crippen LogP) is 2.95. The van der Waals surface area contributed by atoms with Gasteiger partial charge in [0.2, 0.25) is 0 Å². The number of aromatic hydroxyl groups is 1. The maximum Gasteiger partial charge on any atom is 0.271 e. The van der Waals surface area contributed by atoms with Gasteiger partial charge in [0.1, 0.15) is 5.75 Å². The van der Waals surface area contributed by atoms with Gasteiger partial charge in [-0.15, -0.1) is 0 Å². The normalized spacial score (nSPS) is 10.6. The third-order valence-electron chi connectivity index (χ3n) is 3.14. The molecule has 1 amide bonds. The fourth-order valence-electron chi connectivity index (χ4n) is 1.98. The zero-order valence-corrected chi connectivity index (χ0v) is 13.7. The van der Waals surface area contributed by atoms with Gasteiger partial charge in [-0.3, -0.25) is 4.79 Å². The van der Waals surface area contributed by atoms with Crippen molar-refractivity contribution >= 4 is 12.1 Å². The van der Waals surface area contributed by atoms with Crippen molar-refractivity contribution in [1.82, 2.24) is 5.43 Å². The molecule has 6 nitrogen and oxygen atoms in total. The number of hydrogen-bond donors (Lipinski definition) is 2. The Kier molecular flexibility index (Phi) is 6.19. The molecule has 24 heavy (non-hydrogen) atoms. The van der Waals surface area contributed by atoms with Crippen LogP contribution in [0.2, 0.25) is 0 Å². The maximum absolute atomic E-state index is 11.9. The van der Waals surface area contributed by atoms with Crippen LogP contribution in [-0.2, 0) is 0 Å². The Morgan fingerprint density at radius 2 is 2.08 bits per heavy atom. The second-order valence-corrected chi connectivity index (χ2v) is 5.01. The number of methoxy groups -OCH3 is 1. The molecule has 0 atom stereocenters. The summed E-state index contributed by atoms with van der Waals surface area (Å²) in [5.74, 6) is 0.893. The molecule has 0 unspecified atom stereocenters. The third kappa shape index (κ3) is 4.74. The summed E-state index contributed by atoms with van der Waals surface area (Å²) >= 11 is 0. The SMILES string of the molecule is CCCOc1cc(/C=N\NC(=O)c2cccc(O)c2)ccc1OC. The van der Waals surface area contributed by atoms with Gasteiger partial charge in [0, 0.05) is 5.56 Å². The summed E-state index contributed by atoms with van der Waals surface area (Å²) in [6.45, 7) is 2.61. The van der Waals surface area contributed by atoms with E-state index in [9.17, 15) is 9.90 Å². The highest BCUT2D eigenvalue weighted by molar-refractivity contribution is 5.95. The number of phenols is 1. The van der Waals surface area contributed by atoms with Crippen LogP contribution >= 0.6 is 0 Å². The number of rotatable bonds is 7. The first-order valence-electron chi connectivity index (χ1n) is 7.57. The van der Waals surface area contributed by atoms with E-state index >= 15 is 0 Å². The first kappa shape index (κ1) is 17.3. The van der Waals surface area contributed by atoms with Gasteiger partial charge in [0.25, 0.3) is 5.91 Å². The van der Waals surface area contributed by atoms with E-state index in [1.807, 2.05) is 13.0 Å². The van der Waals surface area contributed by atoms with E-state index in [0.717, 1.165) is 12.0 Å². The van der Waals surface area contributed by atoms with Crippen molar-refractivity contribution in [2.24, 2.45) is 5.10 Å². The number of nitrogens with one attached hydrogen (secondary N) is 1. The van der Waals surface area contributed by atoms with Crippen molar-refractivity contribution in [1.29, 1.82) is 0 Å². The van der Waals surface area contributed by atoms with Crippen LogP contribution in [0.4, 0.5) is 0 Å². The van der Waals surface area contributed by atoms with Crippen LogP contribution in [0.3, 0.4) is 0 Å². The number of benzene rings is 2. The molecule has 0 spiro atoms. The first-order valence-corrected chi connectivity index (χ1v) is 7.57. The van der Waals surface area contributed by atoms with Crippen molar-refractivity contribution in [3.8, 4) is 17.2 Å². The molecule has 6 heteroatoms. The van der Waals surface area contributed by atoms with Crippen molar-refractivity contribution in [3.63, 3.8) is 0 Å². The summed E-state index contributed by atoms with van der Waals surface area (Å²) in [5.41, 5.74) is 3.50. The molecule has 126 valence electrons. The molecule has 0 aromatic heterocycles. The summed E-state index contributed by atoms with van der Waals surface area (Å²) in [7, 11) is 1.58. The van der Waals surface area contributed by atoms with E-state index in [4.69, 9.17) is 9.47 Å². The van der Waals surface area contributed by atoms with Crippen molar-refractivity contribution < 1.29 is 19.4 Å². The molecule has 2 aromatic carbocycles. The van der Waals surface area contributed by atoms with Crippen LogP contribution in [0.5, 0.6) is 17.2 Å². The van der Waals surface area contributed by atoms with Gasteiger partial charge in [0.15, 0.2) is 11.5 Å². The predicted molar refractivity (Wildman–Crippen MR) is 91.9 cm³/mol. The highest BCUT2D eigenvalue weighted by atomic mass is 16.5. The molecule has 2 N–H and O–H groups in total. The van der Waals surface area contributed by atoms with E-state index in [0.29, 0.717) is 23.7 Å². The Bertz CT molecular complexity index is 729. The Morgan fingerprint density at radius 3 is 2.79 bits per heavy atom. The largest absolute Gasteiger partial charge is 0.508 e.